The second-order valence-electron chi connectivity index (χ2n) is 7.48. The summed E-state index contributed by atoms with van der Waals surface area (Å²) in [5.41, 5.74) is 2.55. The van der Waals surface area contributed by atoms with Crippen LogP contribution in [0.3, 0.4) is 0 Å². The molecule has 1 fully saturated rings. The number of nitrogens with zero attached hydrogens (tertiary/aromatic N) is 1. The molecule has 162 valence electrons. The molecule has 8 heteroatoms. The van der Waals surface area contributed by atoms with Crippen molar-refractivity contribution in [1.29, 1.82) is 0 Å². The van der Waals surface area contributed by atoms with Gasteiger partial charge in [0.05, 0.1) is 24.6 Å². The zero-order chi connectivity index (χ0) is 21.6. The molecule has 1 saturated heterocycles. The highest BCUT2D eigenvalue weighted by Crippen LogP contribution is 2.24. The van der Waals surface area contributed by atoms with E-state index in [-0.39, 0.29) is 25.2 Å². The molecular formula is C22H28N2O5S. The largest absolute Gasteiger partial charge is 0.484 e. The summed E-state index contributed by atoms with van der Waals surface area (Å²) >= 11 is 0. The first-order valence-corrected chi connectivity index (χ1v) is 11.8. The summed E-state index contributed by atoms with van der Waals surface area (Å²) in [7, 11) is -3.46. The fraction of sp³-hybridized carbons (Fsp3) is 0.409. The molecule has 1 N–H and O–H groups in total. The van der Waals surface area contributed by atoms with Crippen LogP contribution in [0.25, 0.3) is 0 Å². The molecule has 7 nitrogen and oxygen atoms in total. The van der Waals surface area contributed by atoms with Crippen molar-refractivity contribution < 1.29 is 22.7 Å². The summed E-state index contributed by atoms with van der Waals surface area (Å²) in [6, 6.07) is 14.4. The number of hydrogen-bond donors (Lipinski definition) is 1. The number of carbonyl (C=O) groups is 1. The van der Waals surface area contributed by atoms with Gasteiger partial charge in [0.25, 0.3) is 5.91 Å². The Morgan fingerprint density at radius 2 is 1.87 bits per heavy atom. The van der Waals surface area contributed by atoms with Crippen molar-refractivity contribution in [3.05, 3.63) is 59.7 Å². The Balaban J connectivity index is 1.57. The summed E-state index contributed by atoms with van der Waals surface area (Å²) in [5.74, 6) is 0.279. The summed E-state index contributed by atoms with van der Waals surface area (Å²) in [6.45, 7) is 3.36. The van der Waals surface area contributed by atoms with Crippen LogP contribution < -0.4 is 14.4 Å². The number of sulfonamides is 1. The average molecular weight is 433 g/mol. The van der Waals surface area contributed by atoms with Gasteiger partial charge in [0.1, 0.15) is 5.75 Å². The highest BCUT2D eigenvalue weighted by atomic mass is 32.2. The van der Waals surface area contributed by atoms with Gasteiger partial charge >= 0.3 is 0 Å². The second kappa shape index (κ2) is 9.95. The number of nitrogens with one attached hydrogen (secondary N) is 1. The number of ether oxygens (including phenoxy) is 2. The van der Waals surface area contributed by atoms with E-state index in [1.807, 2.05) is 31.2 Å². The van der Waals surface area contributed by atoms with Crippen LogP contribution in [0.4, 0.5) is 5.69 Å². The van der Waals surface area contributed by atoms with Crippen LogP contribution in [0.2, 0.25) is 0 Å². The molecule has 2 aromatic carbocycles. The highest BCUT2D eigenvalue weighted by Gasteiger charge is 2.18. The molecule has 1 heterocycles. The molecule has 0 aliphatic carbocycles. The van der Waals surface area contributed by atoms with Gasteiger partial charge in [-0.2, -0.15) is 0 Å². The number of aryl methyl sites for hydroxylation is 1. The lowest BCUT2D eigenvalue weighted by atomic mass is 10.1. The quantitative estimate of drug-likeness (QED) is 0.659. The van der Waals surface area contributed by atoms with E-state index in [1.165, 1.54) is 10.6 Å². The minimum Gasteiger partial charge on any atom is -0.484 e. The number of hydrogen-bond acceptors (Lipinski definition) is 5. The molecule has 0 radical (unpaired) electrons. The van der Waals surface area contributed by atoms with Crippen molar-refractivity contribution >= 4 is 21.6 Å². The van der Waals surface area contributed by atoms with E-state index in [0.717, 1.165) is 30.6 Å². The van der Waals surface area contributed by atoms with E-state index in [2.05, 4.69) is 5.32 Å². The highest BCUT2D eigenvalue weighted by molar-refractivity contribution is 7.92. The fourth-order valence-corrected chi connectivity index (χ4v) is 4.09. The lowest BCUT2D eigenvalue weighted by Crippen LogP contribution is -2.35. The number of benzene rings is 2. The first-order chi connectivity index (χ1) is 14.3. The molecule has 1 atom stereocenters. The Kier molecular flexibility index (Phi) is 7.33. The maximum atomic E-state index is 12.3. The van der Waals surface area contributed by atoms with E-state index < -0.39 is 10.0 Å². The molecule has 0 aromatic heterocycles. The molecule has 0 saturated carbocycles. The molecule has 2 aromatic rings. The smallest absolute Gasteiger partial charge is 0.258 e. The van der Waals surface area contributed by atoms with Crippen molar-refractivity contribution in [2.75, 3.05) is 30.3 Å². The van der Waals surface area contributed by atoms with Gasteiger partial charge < -0.3 is 14.8 Å². The van der Waals surface area contributed by atoms with Crippen LogP contribution in [0.15, 0.2) is 48.5 Å². The molecular weight excluding hydrogens is 404 g/mol. The zero-order valence-electron chi connectivity index (χ0n) is 17.3. The lowest BCUT2D eigenvalue weighted by Gasteiger charge is -2.23. The molecule has 0 bridgehead atoms. The second-order valence-corrected chi connectivity index (χ2v) is 9.38. The third kappa shape index (κ3) is 6.47. The molecule has 3 rings (SSSR count). The third-order valence-electron chi connectivity index (χ3n) is 4.89. The Morgan fingerprint density at radius 3 is 2.47 bits per heavy atom. The molecule has 1 aliphatic heterocycles. The Morgan fingerprint density at radius 1 is 1.17 bits per heavy atom. The average Bonchev–Trinajstić information content (AvgIpc) is 3.23. The van der Waals surface area contributed by atoms with E-state index in [4.69, 9.17) is 9.47 Å². The SMILES string of the molecule is Cc1ccc(CN(c2ccc(OCC(=O)NCC3CCCO3)cc2)S(C)(=O)=O)cc1. The first-order valence-electron chi connectivity index (χ1n) is 9.96. The van der Waals surface area contributed by atoms with Gasteiger partial charge in [-0.3, -0.25) is 9.10 Å². The summed E-state index contributed by atoms with van der Waals surface area (Å²) in [4.78, 5) is 11.9. The van der Waals surface area contributed by atoms with Gasteiger partial charge in [-0.1, -0.05) is 29.8 Å². The number of amides is 1. The molecule has 30 heavy (non-hydrogen) atoms. The number of rotatable bonds is 9. The fourth-order valence-electron chi connectivity index (χ4n) is 3.20. The van der Waals surface area contributed by atoms with Crippen molar-refractivity contribution in [2.24, 2.45) is 0 Å². The van der Waals surface area contributed by atoms with Gasteiger partial charge in [-0.25, -0.2) is 8.42 Å². The molecule has 1 unspecified atom stereocenters. The van der Waals surface area contributed by atoms with Crippen molar-refractivity contribution in [3.8, 4) is 5.75 Å². The monoisotopic (exact) mass is 432 g/mol. The van der Waals surface area contributed by atoms with Gasteiger partial charge in [0, 0.05) is 13.2 Å². The van der Waals surface area contributed by atoms with Crippen LogP contribution in [-0.2, 0) is 26.1 Å². The van der Waals surface area contributed by atoms with E-state index in [0.29, 0.717) is 18.0 Å². The topological polar surface area (TPSA) is 84.9 Å². The van der Waals surface area contributed by atoms with Gasteiger partial charge in [-0.05, 0) is 49.6 Å². The van der Waals surface area contributed by atoms with Crippen LogP contribution >= 0.6 is 0 Å². The normalized spacial score (nSPS) is 16.3. The molecule has 0 spiro atoms. The molecule has 1 amide bonds. The first kappa shape index (κ1) is 22.1. The van der Waals surface area contributed by atoms with E-state index in [1.54, 1.807) is 24.3 Å². The third-order valence-corrected chi connectivity index (χ3v) is 6.03. The molecule has 1 aliphatic rings. The van der Waals surface area contributed by atoms with Crippen LogP contribution in [0, 0.1) is 6.92 Å². The Bertz CT molecular complexity index is 936. The summed E-state index contributed by atoms with van der Waals surface area (Å²) < 4.78 is 37.0. The minimum atomic E-state index is -3.46. The summed E-state index contributed by atoms with van der Waals surface area (Å²) in [5, 5.41) is 2.80. The maximum Gasteiger partial charge on any atom is 0.258 e. The summed E-state index contributed by atoms with van der Waals surface area (Å²) in [6.07, 6.45) is 3.26. The number of anilines is 1. The zero-order valence-corrected chi connectivity index (χ0v) is 18.2. The van der Waals surface area contributed by atoms with Crippen LogP contribution in [-0.4, -0.2) is 46.4 Å². The van der Waals surface area contributed by atoms with Crippen LogP contribution in [0.1, 0.15) is 24.0 Å². The van der Waals surface area contributed by atoms with Crippen molar-refractivity contribution in [3.63, 3.8) is 0 Å². The minimum absolute atomic E-state index is 0.0868. The van der Waals surface area contributed by atoms with Crippen molar-refractivity contribution in [1.82, 2.24) is 5.32 Å². The van der Waals surface area contributed by atoms with Crippen LogP contribution in [0.5, 0.6) is 5.75 Å². The Labute approximate surface area is 178 Å². The lowest BCUT2D eigenvalue weighted by molar-refractivity contribution is -0.123. The van der Waals surface area contributed by atoms with E-state index in [9.17, 15) is 13.2 Å². The predicted molar refractivity (Wildman–Crippen MR) is 116 cm³/mol. The maximum absolute atomic E-state index is 12.3. The predicted octanol–water partition coefficient (Wildman–Crippen LogP) is 2.64. The van der Waals surface area contributed by atoms with Crippen molar-refractivity contribution in [2.45, 2.75) is 32.4 Å². The standard InChI is InChI=1S/C22H28N2O5S/c1-17-5-7-18(8-6-17)15-24(30(2,26)27)19-9-11-20(12-10-19)29-16-22(25)23-14-21-4-3-13-28-21/h5-12,21H,3-4,13-16H2,1-2H3,(H,23,25). The van der Waals surface area contributed by atoms with Gasteiger partial charge in [0.15, 0.2) is 6.61 Å². The van der Waals surface area contributed by atoms with Gasteiger partial charge in [0.2, 0.25) is 10.0 Å². The number of carbonyl (C=O) groups excluding carboxylic acids is 1. The Hall–Kier alpha value is -2.58. The van der Waals surface area contributed by atoms with Gasteiger partial charge in [-0.15, -0.1) is 0 Å². The van der Waals surface area contributed by atoms with E-state index >= 15 is 0 Å².